The van der Waals surface area contributed by atoms with Crippen molar-refractivity contribution in [2.24, 2.45) is 0 Å². The Morgan fingerprint density at radius 3 is 2.00 bits per heavy atom. The maximum Gasteiger partial charge on any atom is 0.261 e. The number of hydrogen-bond acceptors (Lipinski definition) is 4. The Balaban J connectivity index is 1.81. The van der Waals surface area contributed by atoms with Crippen molar-refractivity contribution in [2.75, 3.05) is 19.8 Å². The van der Waals surface area contributed by atoms with Crippen molar-refractivity contribution in [1.82, 2.24) is 0 Å². The normalized spacial score (nSPS) is 22.0. The Bertz CT molecular complexity index is 608. The van der Waals surface area contributed by atoms with Crippen molar-refractivity contribution in [1.29, 1.82) is 0 Å². The van der Waals surface area contributed by atoms with Crippen molar-refractivity contribution in [3.63, 3.8) is 0 Å². The van der Waals surface area contributed by atoms with Crippen LogP contribution in [-0.2, 0) is 18.6 Å². The minimum atomic E-state index is -3.14. The average molecular weight is 332 g/mol. The predicted molar refractivity (Wildman–Crippen MR) is 90.9 cm³/mol. The monoisotopic (exact) mass is 332 g/mol. The molecule has 2 unspecified atom stereocenters. The summed E-state index contributed by atoms with van der Waals surface area (Å²) >= 11 is 0. The van der Waals surface area contributed by atoms with E-state index in [0.29, 0.717) is 23.8 Å². The summed E-state index contributed by atoms with van der Waals surface area (Å²) in [5.41, 5.74) is 0. The van der Waals surface area contributed by atoms with E-state index in [9.17, 15) is 4.57 Å². The van der Waals surface area contributed by atoms with Crippen LogP contribution in [0.3, 0.4) is 0 Å². The molecule has 1 heterocycles. The van der Waals surface area contributed by atoms with Crippen molar-refractivity contribution < 1.29 is 18.6 Å². The van der Waals surface area contributed by atoms with E-state index in [1.807, 2.05) is 67.6 Å². The molecule has 0 amide bonds. The molecule has 0 radical (unpaired) electrons. The van der Waals surface area contributed by atoms with Crippen LogP contribution in [0.5, 0.6) is 0 Å². The third-order valence-corrected chi connectivity index (χ3v) is 6.24. The molecule has 1 saturated heterocycles. The molecule has 0 aliphatic carbocycles. The van der Waals surface area contributed by atoms with Gasteiger partial charge in [-0.15, -0.1) is 0 Å². The molecule has 4 nitrogen and oxygen atoms in total. The van der Waals surface area contributed by atoms with E-state index in [0.717, 1.165) is 0 Å². The zero-order chi connectivity index (χ0) is 16.1. The van der Waals surface area contributed by atoms with Gasteiger partial charge in [0.25, 0.3) is 7.37 Å². The molecule has 0 saturated carbocycles. The van der Waals surface area contributed by atoms with E-state index in [2.05, 4.69) is 0 Å². The van der Waals surface area contributed by atoms with Crippen LogP contribution in [0, 0.1) is 0 Å². The maximum absolute atomic E-state index is 13.6. The van der Waals surface area contributed by atoms with Crippen LogP contribution in [0.4, 0.5) is 0 Å². The average Bonchev–Trinajstić information content (AvgIpc) is 2.62. The third-order valence-electron chi connectivity index (χ3n) is 3.77. The summed E-state index contributed by atoms with van der Waals surface area (Å²) in [6.45, 7) is 3.21. The van der Waals surface area contributed by atoms with E-state index < -0.39 is 7.37 Å². The first-order valence-electron chi connectivity index (χ1n) is 7.77. The van der Waals surface area contributed by atoms with Crippen molar-refractivity contribution in [3.8, 4) is 0 Å². The largest absolute Gasteiger partial charge is 0.373 e. The topological polar surface area (TPSA) is 44.8 Å². The molecule has 2 aromatic carbocycles. The van der Waals surface area contributed by atoms with E-state index >= 15 is 0 Å². The third kappa shape index (κ3) is 3.91. The zero-order valence-electron chi connectivity index (χ0n) is 13.1. The molecule has 0 N–H and O–H groups in total. The van der Waals surface area contributed by atoms with Gasteiger partial charge in [-0.25, -0.2) is 0 Å². The molecular formula is C18H21O4P. The smallest absolute Gasteiger partial charge is 0.261 e. The van der Waals surface area contributed by atoms with Gasteiger partial charge in [-0.1, -0.05) is 36.4 Å². The van der Waals surface area contributed by atoms with Crippen LogP contribution in [-0.4, -0.2) is 32.0 Å². The van der Waals surface area contributed by atoms with E-state index in [1.165, 1.54) is 0 Å². The zero-order valence-corrected chi connectivity index (χ0v) is 14.0. The Kier molecular flexibility index (Phi) is 5.29. The summed E-state index contributed by atoms with van der Waals surface area (Å²) in [6, 6.07) is 18.7. The minimum absolute atomic E-state index is 0.0984. The van der Waals surface area contributed by atoms with Crippen LogP contribution >= 0.6 is 7.37 Å². The molecule has 0 spiro atoms. The Morgan fingerprint density at radius 2 is 1.52 bits per heavy atom. The van der Waals surface area contributed by atoms with Gasteiger partial charge < -0.3 is 14.0 Å². The van der Waals surface area contributed by atoms with Crippen LogP contribution < -0.4 is 10.6 Å². The molecule has 0 aromatic heterocycles. The van der Waals surface area contributed by atoms with Crippen molar-refractivity contribution >= 4 is 18.0 Å². The second kappa shape index (κ2) is 7.41. The summed E-state index contributed by atoms with van der Waals surface area (Å²) in [6.07, 6.45) is -0.0896. The number of ether oxygens (including phenoxy) is 2. The van der Waals surface area contributed by atoms with Gasteiger partial charge in [0.2, 0.25) is 0 Å². The highest BCUT2D eigenvalue weighted by Gasteiger charge is 2.30. The summed E-state index contributed by atoms with van der Waals surface area (Å²) in [7, 11) is -3.14. The van der Waals surface area contributed by atoms with Gasteiger partial charge in [0.15, 0.2) is 0 Å². The predicted octanol–water partition coefficient (Wildman–Crippen LogP) is 2.74. The first-order valence-corrected chi connectivity index (χ1v) is 9.40. The van der Waals surface area contributed by atoms with Crippen molar-refractivity contribution in [2.45, 2.75) is 19.1 Å². The Labute approximate surface area is 136 Å². The molecule has 2 atom stereocenters. The second-order valence-corrected chi connectivity index (χ2v) is 8.01. The van der Waals surface area contributed by atoms with E-state index in [1.54, 1.807) is 0 Å². The molecular weight excluding hydrogens is 311 g/mol. The fourth-order valence-corrected chi connectivity index (χ4v) is 4.57. The van der Waals surface area contributed by atoms with Crippen molar-refractivity contribution in [3.05, 3.63) is 60.7 Å². The summed E-state index contributed by atoms with van der Waals surface area (Å²) in [5.74, 6) is 0. The van der Waals surface area contributed by atoms with Crippen LogP contribution in [0.1, 0.15) is 6.92 Å². The van der Waals surface area contributed by atoms with Gasteiger partial charge in [-0.2, -0.15) is 0 Å². The SMILES string of the molecule is CC1COC(COP(=O)(c2ccccc2)c2ccccc2)CO1. The fraction of sp³-hybridized carbons (Fsp3) is 0.333. The standard InChI is InChI=1S/C18H21O4P/c1-15-12-21-16(13-20-15)14-22-23(19,17-8-4-2-5-9-17)18-10-6-3-7-11-18/h2-11,15-16H,12-14H2,1H3. The quantitative estimate of drug-likeness (QED) is 0.790. The summed E-state index contributed by atoms with van der Waals surface area (Å²) in [5, 5.41) is 1.38. The van der Waals surface area contributed by atoms with Gasteiger partial charge in [0.05, 0.1) is 25.9 Å². The van der Waals surface area contributed by atoms with E-state index in [-0.39, 0.29) is 18.8 Å². The molecule has 23 heavy (non-hydrogen) atoms. The summed E-state index contributed by atoms with van der Waals surface area (Å²) < 4.78 is 30.8. The Morgan fingerprint density at radius 1 is 0.957 bits per heavy atom. The molecule has 3 rings (SSSR count). The highest BCUT2D eigenvalue weighted by molar-refractivity contribution is 7.74. The first-order chi connectivity index (χ1) is 11.2. The molecule has 0 bridgehead atoms. The van der Waals surface area contributed by atoms with Gasteiger partial charge in [-0.3, -0.25) is 4.57 Å². The minimum Gasteiger partial charge on any atom is -0.373 e. The molecule has 5 heteroatoms. The number of hydrogen-bond donors (Lipinski definition) is 0. The first kappa shape index (κ1) is 16.4. The lowest BCUT2D eigenvalue weighted by Crippen LogP contribution is -2.37. The highest BCUT2D eigenvalue weighted by Crippen LogP contribution is 2.44. The molecule has 122 valence electrons. The lowest BCUT2D eigenvalue weighted by atomic mass is 10.3. The highest BCUT2D eigenvalue weighted by atomic mass is 31.2. The van der Waals surface area contributed by atoms with E-state index in [4.69, 9.17) is 14.0 Å². The Hall–Kier alpha value is -1.45. The van der Waals surface area contributed by atoms with Gasteiger partial charge in [0.1, 0.15) is 6.10 Å². The molecule has 2 aromatic rings. The molecule has 1 fully saturated rings. The lowest BCUT2D eigenvalue weighted by molar-refractivity contribution is -0.135. The van der Waals surface area contributed by atoms with Gasteiger partial charge >= 0.3 is 0 Å². The molecule has 1 aliphatic heterocycles. The number of rotatable bonds is 5. The van der Waals surface area contributed by atoms with Crippen LogP contribution in [0.25, 0.3) is 0 Å². The van der Waals surface area contributed by atoms with Gasteiger partial charge in [-0.05, 0) is 31.2 Å². The van der Waals surface area contributed by atoms with Crippen LogP contribution in [0.15, 0.2) is 60.7 Å². The molecule has 1 aliphatic rings. The maximum atomic E-state index is 13.6. The van der Waals surface area contributed by atoms with Gasteiger partial charge in [0, 0.05) is 10.6 Å². The fourth-order valence-electron chi connectivity index (χ4n) is 2.47. The second-order valence-electron chi connectivity index (χ2n) is 5.62. The lowest BCUT2D eigenvalue weighted by Gasteiger charge is -2.29. The van der Waals surface area contributed by atoms with Crippen LogP contribution in [0.2, 0.25) is 0 Å². The summed E-state index contributed by atoms with van der Waals surface area (Å²) in [4.78, 5) is 0. The number of benzene rings is 2.